The molecule has 0 aliphatic carbocycles. The van der Waals surface area contributed by atoms with E-state index in [0.717, 1.165) is 17.6 Å². The van der Waals surface area contributed by atoms with Crippen molar-refractivity contribution in [2.75, 3.05) is 17.2 Å². The van der Waals surface area contributed by atoms with E-state index in [1.54, 1.807) is 18.3 Å². The minimum Gasteiger partial charge on any atom is -0.354 e. The zero-order chi connectivity index (χ0) is 13.9. The summed E-state index contributed by atoms with van der Waals surface area (Å²) >= 11 is 0. The van der Waals surface area contributed by atoms with E-state index in [1.807, 2.05) is 6.92 Å². The van der Waals surface area contributed by atoms with Crippen LogP contribution in [0.2, 0.25) is 0 Å². The Balaban J connectivity index is 2.00. The zero-order valence-electron chi connectivity index (χ0n) is 10.8. The molecular formula is C13H13FN6. The quantitative estimate of drug-likeness (QED) is 0.680. The average Bonchev–Trinajstić information content (AvgIpc) is 2.90. The Morgan fingerprint density at radius 1 is 1.20 bits per heavy atom. The van der Waals surface area contributed by atoms with Crippen molar-refractivity contribution in [1.82, 2.24) is 20.2 Å². The predicted octanol–water partition coefficient (Wildman–Crippen LogP) is 2.67. The van der Waals surface area contributed by atoms with Crippen LogP contribution in [0.1, 0.15) is 6.92 Å². The SMILES string of the molecule is CCNc1nc(Nc2ccc(F)cc2)c2cn[nH]c2n1. The molecule has 0 amide bonds. The highest BCUT2D eigenvalue weighted by Gasteiger charge is 2.09. The monoisotopic (exact) mass is 272 g/mol. The first-order valence-corrected chi connectivity index (χ1v) is 6.24. The van der Waals surface area contributed by atoms with E-state index in [9.17, 15) is 4.39 Å². The lowest BCUT2D eigenvalue weighted by atomic mass is 10.3. The molecule has 0 aliphatic rings. The molecule has 7 heteroatoms. The maximum absolute atomic E-state index is 12.9. The minimum atomic E-state index is -0.278. The summed E-state index contributed by atoms with van der Waals surface area (Å²) < 4.78 is 12.9. The number of aromatic nitrogens is 4. The number of hydrogen-bond donors (Lipinski definition) is 3. The molecule has 0 fully saturated rings. The van der Waals surface area contributed by atoms with E-state index in [4.69, 9.17) is 0 Å². The molecule has 0 spiro atoms. The summed E-state index contributed by atoms with van der Waals surface area (Å²) in [5, 5.41) is 13.7. The summed E-state index contributed by atoms with van der Waals surface area (Å²) in [7, 11) is 0. The molecule has 0 radical (unpaired) electrons. The minimum absolute atomic E-state index is 0.278. The highest BCUT2D eigenvalue weighted by Crippen LogP contribution is 2.23. The molecule has 102 valence electrons. The van der Waals surface area contributed by atoms with Crippen LogP contribution in [0.15, 0.2) is 30.5 Å². The summed E-state index contributed by atoms with van der Waals surface area (Å²) in [6.45, 7) is 2.68. The van der Waals surface area contributed by atoms with Gasteiger partial charge in [0.1, 0.15) is 11.6 Å². The summed E-state index contributed by atoms with van der Waals surface area (Å²) in [6.07, 6.45) is 1.65. The van der Waals surface area contributed by atoms with Crippen molar-refractivity contribution < 1.29 is 4.39 Å². The van der Waals surface area contributed by atoms with Crippen LogP contribution in [-0.2, 0) is 0 Å². The van der Waals surface area contributed by atoms with Gasteiger partial charge >= 0.3 is 0 Å². The number of benzene rings is 1. The Bertz CT molecular complexity index is 721. The Morgan fingerprint density at radius 3 is 2.75 bits per heavy atom. The standard InChI is InChI=1S/C13H13FN6/c1-2-15-13-18-11(10-7-16-20-12(10)19-13)17-9-5-3-8(14)4-6-9/h3-7H,2H2,1H3,(H3,15,16,17,18,19,20). The Hall–Kier alpha value is -2.70. The molecule has 2 heterocycles. The van der Waals surface area contributed by atoms with Gasteiger partial charge in [0.15, 0.2) is 5.65 Å². The van der Waals surface area contributed by atoms with Crippen LogP contribution in [0.25, 0.3) is 11.0 Å². The smallest absolute Gasteiger partial charge is 0.226 e. The van der Waals surface area contributed by atoms with Crippen LogP contribution in [-0.4, -0.2) is 26.7 Å². The molecule has 3 N–H and O–H groups in total. The maximum atomic E-state index is 12.9. The molecule has 1 aromatic carbocycles. The van der Waals surface area contributed by atoms with Crippen LogP contribution in [0.3, 0.4) is 0 Å². The first-order valence-electron chi connectivity index (χ1n) is 6.24. The Morgan fingerprint density at radius 2 is 2.00 bits per heavy atom. The molecule has 3 aromatic rings. The number of nitrogens with zero attached hydrogens (tertiary/aromatic N) is 3. The van der Waals surface area contributed by atoms with Gasteiger partial charge in [-0.25, -0.2) is 4.39 Å². The molecule has 0 saturated carbocycles. The van der Waals surface area contributed by atoms with Crippen LogP contribution >= 0.6 is 0 Å². The average molecular weight is 272 g/mol. The number of aromatic amines is 1. The summed E-state index contributed by atoms with van der Waals surface area (Å²) in [5.74, 6) is 0.847. The molecule has 20 heavy (non-hydrogen) atoms. The van der Waals surface area contributed by atoms with Gasteiger partial charge in [-0.2, -0.15) is 15.1 Å². The van der Waals surface area contributed by atoms with E-state index < -0.39 is 0 Å². The molecular weight excluding hydrogens is 259 g/mol. The van der Waals surface area contributed by atoms with Crippen LogP contribution in [0.5, 0.6) is 0 Å². The predicted molar refractivity (Wildman–Crippen MR) is 75.5 cm³/mol. The van der Waals surface area contributed by atoms with E-state index in [2.05, 4.69) is 30.8 Å². The number of nitrogens with one attached hydrogen (secondary N) is 3. The van der Waals surface area contributed by atoms with E-state index in [1.165, 1.54) is 12.1 Å². The number of H-pyrrole nitrogens is 1. The third-order valence-electron chi connectivity index (χ3n) is 2.75. The summed E-state index contributed by atoms with van der Waals surface area (Å²) in [5.41, 5.74) is 1.38. The summed E-state index contributed by atoms with van der Waals surface area (Å²) in [6, 6.07) is 6.08. The van der Waals surface area contributed by atoms with Crippen LogP contribution in [0, 0.1) is 5.82 Å². The number of halogens is 1. The summed E-state index contributed by atoms with van der Waals surface area (Å²) in [4.78, 5) is 8.69. The molecule has 2 aromatic heterocycles. The molecule has 0 aliphatic heterocycles. The lowest BCUT2D eigenvalue weighted by molar-refractivity contribution is 0.628. The molecule has 0 saturated heterocycles. The van der Waals surface area contributed by atoms with Crippen molar-refractivity contribution in [1.29, 1.82) is 0 Å². The number of fused-ring (bicyclic) bond motifs is 1. The molecule has 0 unspecified atom stereocenters. The second kappa shape index (κ2) is 5.12. The lowest BCUT2D eigenvalue weighted by Gasteiger charge is -2.08. The number of hydrogen-bond acceptors (Lipinski definition) is 5. The lowest BCUT2D eigenvalue weighted by Crippen LogP contribution is -2.04. The van der Waals surface area contributed by atoms with Gasteiger partial charge in [-0.05, 0) is 31.2 Å². The molecule has 0 bridgehead atoms. The van der Waals surface area contributed by atoms with Crippen molar-refractivity contribution in [2.45, 2.75) is 6.92 Å². The van der Waals surface area contributed by atoms with Gasteiger partial charge in [-0.15, -0.1) is 0 Å². The van der Waals surface area contributed by atoms with Crippen molar-refractivity contribution >= 4 is 28.5 Å². The Labute approximate surface area is 114 Å². The normalized spacial score (nSPS) is 10.7. The Kier molecular flexibility index (Phi) is 3.16. The van der Waals surface area contributed by atoms with Crippen molar-refractivity contribution in [3.05, 3.63) is 36.3 Å². The second-order valence-corrected chi connectivity index (χ2v) is 4.19. The number of anilines is 3. The van der Waals surface area contributed by atoms with Crippen LogP contribution < -0.4 is 10.6 Å². The van der Waals surface area contributed by atoms with Crippen molar-refractivity contribution in [3.8, 4) is 0 Å². The molecule has 6 nitrogen and oxygen atoms in total. The highest BCUT2D eigenvalue weighted by atomic mass is 19.1. The number of rotatable bonds is 4. The fourth-order valence-electron chi connectivity index (χ4n) is 1.84. The van der Waals surface area contributed by atoms with Gasteiger partial charge in [0, 0.05) is 12.2 Å². The second-order valence-electron chi connectivity index (χ2n) is 4.19. The topological polar surface area (TPSA) is 78.5 Å². The zero-order valence-corrected chi connectivity index (χ0v) is 10.8. The van der Waals surface area contributed by atoms with Gasteiger partial charge in [0.25, 0.3) is 0 Å². The van der Waals surface area contributed by atoms with E-state index >= 15 is 0 Å². The molecule has 3 rings (SSSR count). The van der Waals surface area contributed by atoms with E-state index in [0.29, 0.717) is 17.4 Å². The van der Waals surface area contributed by atoms with Gasteiger partial charge in [-0.3, -0.25) is 5.10 Å². The van der Waals surface area contributed by atoms with Gasteiger partial charge in [0.2, 0.25) is 5.95 Å². The van der Waals surface area contributed by atoms with Crippen molar-refractivity contribution in [3.63, 3.8) is 0 Å². The third kappa shape index (κ3) is 2.37. The largest absolute Gasteiger partial charge is 0.354 e. The first-order chi connectivity index (χ1) is 9.76. The van der Waals surface area contributed by atoms with Gasteiger partial charge in [0.05, 0.1) is 11.6 Å². The fraction of sp³-hybridized carbons (Fsp3) is 0.154. The molecule has 0 atom stereocenters. The van der Waals surface area contributed by atoms with Gasteiger partial charge < -0.3 is 10.6 Å². The van der Waals surface area contributed by atoms with Crippen molar-refractivity contribution in [2.24, 2.45) is 0 Å². The maximum Gasteiger partial charge on any atom is 0.226 e. The van der Waals surface area contributed by atoms with E-state index in [-0.39, 0.29) is 5.82 Å². The first kappa shape index (κ1) is 12.3. The fourth-order valence-corrected chi connectivity index (χ4v) is 1.84. The van der Waals surface area contributed by atoms with Crippen LogP contribution in [0.4, 0.5) is 21.8 Å². The third-order valence-corrected chi connectivity index (χ3v) is 2.75. The highest BCUT2D eigenvalue weighted by molar-refractivity contribution is 5.88. The van der Waals surface area contributed by atoms with Gasteiger partial charge in [-0.1, -0.05) is 0 Å².